The molecular formula is C18H16N2O2. The Kier molecular flexibility index (Phi) is 4.06. The Hall–Kier alpha value is -2.80. The summed E-state index contributed by atoms with van der Waals surface area (Å²) in [6.07, 6.45) is 2.15. The maximum Gasteiger partial charge on any atom is 0.252 e. The first-order valence-corrected chi connectivity index (χ1v) is 7.29. The Morgan fingerprint density at radius 3 is 2.73 bits per heavy atom. The van der Waals surface area contributed by atoms with Crippen molar-refractivity contribution in [2.24, 2.45) is 0 Å². The third-order valence-electron chi connectivity index (χ3n) is 3.49. The van der Waals surface area contributed by atoms with Crippen molar-refractivity contribution in [3.63, 3.8) is 0 Å². The second kappa shape index (κ2) is 6.31. The van der Waals surface area contributed by atoms with Crippen LogP contribution in [-0.2, 0) is 0 Å². The summed E-state index contributed by atoms with van der Waals surface area (Å²) in [5.41, 5.74) is 1.93. The fraction of sp³-hybridized carbons (Fsp3) is 0.222. The smallest absolute Gasteiger partial charge is 0.252 e. The molecule has 1 aliphatic rings. The topological polar surface area (TPSA) is 62.0 Å². The van der Waals surface area contributed by atoms with Crippen molar-refractivity contribution < 1.29 is 4.79 Å². The van der Waals surface area contributed by atoms with E-state index in [1.165, 1.54) is 6.07 Å². The molecule has 1 aromatic heterocycles. The van der Waals surface area contributed by atoms with Crippen molar-refractivity contribution in [2.75, 3.05) is 6.54 Å². The van der Waals surface area contributed by atoms with Crippen LogP contribution in [0.5, 0.6) is 0 Å². The molecule has 0 spiro atoms. The third-order valence-corrected chi connectivity index (χ3v) is 3.49. The van der Waals surface area contributed by atoms with E-state index in [-0.39, 0.29) is 18.0 Å². The van der Waals surface area contributed by atoms with Crippen molar-refractivity contribution >= 4 is 5.91 Å². The van der Waals surface area contributed by atoms with Crippen LogP contribution in [0.1, 0.15) is 40.4 Å². The molecule has 1 aliphatic carbocycles. The van der Waals surface area contributed by atoms with Crippen LogP contribution >= 0.6 is 0 Å². The molecule has 1 aromatic carbocycles. The zero-order chi connectivity index (χ0) is 15.4. The van der Waals surface area contributed by atoms with Gasteiger partial charge in [-0.05, 0) is 37.0 Å². The van der Waals surface area contributed by atoms with Gasteiger partial charge in [0.2, 0.25) is 5.56 Å². The van der Waals surface area contributed by atoms with Crippen molar-refractivity contribution in [3.8, 4) is 11.8 Å². The molecule has 1 amide bonds. The average Bonchev–Trinajstić information content (AvgIpc) is 3.36. The number of hydrogen-bond donors (Lipinski definition) is 2. The van der Waals surface area contributed by atoms with E-state index in [0.717, 1.165) is 24.1 Å². The van der Waals surface area contributed by atoms with Crippen molar-refractivity contribution in [1.29, 1.82) is 0 Å². The summed E-state index contributed by atoms with van der Waals surface area (Å²) < 4.78 is 0. The molecule has 0 atom stereocenters. The maximum absolute atomic E-state index is 12.1. The van der Waals surface area contributed by atoms with Crippen LogP contribution in [0.15, 0.2) is 47.3 Å². The highest BCUT2D eigenvalue weighted by atomic mass is 16.2. The molecule has 110 valence electrons. The van der Waals surface area contributed by atoms with Crippen LogP contribution < -0.4 is 10.9 Å². The number of hydrogen-bond acceptors (Lipinski definition) is 2. The molecule has 1 fully saturated rings. The zero-order valence-corrected chi connectivity index (χ0v) is 12.1. The number of aromatic amines is 1. The highest BCUT2D eigenvalue weighted by molar-refractivity contribution is 5.94. The molecule has 2 N–H and O–H groups in total. The molecule has 3 rings (SSSR count). The largest absolute Gasteiger partial charge is 0.341 e. The number of carbonyl (C=O) groups is 1. The summed E-state index contributed by atoms with van der Waals surface area (Å²) >= 11 is 0. The number of amides is 1. The van der Waals surface area contributed by atoms with E-state index in [4.69, 9.17) is 0 Å². The van der Waals surface area contributed by atoms with E-state index in [2.05, 4.69) is 22.1 Å². The van der Waals surface area contributed by atoms with E-state index < -0.39 is 0 Å². The van der Waals surface area contributed by atoms with E-state index in [9.17, 15) is 9.59 Å². The van der Waals surface area contributed by atoms with Gasteiger partial charge in [-0.1, -0.05) is 30.0 Å². The van der Waals surface area contributed by atoms with E-state index in [1.54, 1.807) is 6.07 Å². The Labute approximate surface area is 128 Å². The summed E-state index contributed by atoms with van der Waals surface area (Å²) in [6.45, 7) is 0.249. The van der Waals surface area contributed by atoms with Gasteiger partial charge in [-0.3, -0.25) is 9.59 Å². The van der Waals surface area contributed by atoms with Gasteiger partial charge < -0.3 is 10.3 Å². The predicted octanol–water partition coefficient (Wildman–Crippen LogP) is 2.03. The lowest BCUT2D eigenvalue weighted by molar-refractivity contribution is 0.0958. The molecular weight excluding hydrogens is 276 g/mol. The molecule has 4 heteroatoms. The van der Waals surface area contributed by atoms with Crippen LogP contribution in [-0.4, -0.2) is 17.4 Å². The Morgan fingerprint density at radius 2 is 2.00 bits per heavy atom. The van der Waals surface area contributed by atoms with Gasteiger partial charge in [0.25, 0.3) is 5.91 Å². The minimum atomic E-state index is -0.268. The van der Waals surface area contributed by atoms with E-state index in [1.807, 2.05) is 30.3 Å². The van der Waals surface area contributed by atoms with Crippen molar-refractivity contribution in [1.82, 2.24) is 10.3 Å². The fourth-order valence-corrected chi connectivity index (χ4v) is 2.20. The van der Waals surface area contributed by atoms with Crippen LogP contribution in [0, 0.1) is 11.8 Å². The number of pyridine rings is 1. The molecule has 0 unspecified atom stereocenters. The van der Waals surface area contributed by atoms with Gasteiger partial charge in [0, 0.05) is 22.9 Å². The van der Waals surface area contributed by atoms with Gasteiger partial charge in [0.1, 0.15) is 0 Å². The minimum absolute atomic E-state index is 0.232. The van der Waals surface area contributed by atoms with Crippen LogP contribution in [0.2, 0.25) is 0 Å². The normalized spacial score (nSPS) is 13.1. The first kappa shape index (κ1) is 14.2. The molecule has 1 heterocycles. The summed E-state index contributed by atoms with van der Waals surface area (Å²) in [4.78, 5) is 26.5. The maximum atomic E-state index is 12.1. The molecule has 2 aromatic rings. The first-order valence-electron chi connectivity index (χ1n) is 7.29. The molecule has 0 aliphatic heterocycles. The van der Waals surface area contributed by atoms with Gasteiger partial charge in [-0.2, -0.15) is 0 Å². The average molecular weight is 292 g/mol. The van der Waals surface area contributed by atoms with Crippen LogP contribution in [0.3, 0.4) is 0 Å². The predicted molar refractivity (Wildman–Crippen MR) is 84.7 cm³/mol. The second-order valence-electron chi connectivity index (χ2n) is 5.31. The second-order valence-corrected chi connectivity index (χ2v) is 5.31. The van der Waals surface area contributed by atoms with Crippen LogP contribution in [0.25, 0.3) is 0 Å². The quantitative estimate of drug-likeness (QED) is 0.850. The molecule has 0 bridgehead atoms. The molecule has 0 saturated heterocycles. The Morgan fingerprint density at radius 1 is 1.23 bits per heavy atom. The van der Waals surface area contributed by atoms with Crippen LogP contribution in [0.4, 0.5) is 0 Å². The molecule has 1 saturated carbocycles. The lowest BCUT2D eigenvalue weighted by atomic mass is 10.1. The summed E-state index contributed by atoms with van der Waals surface area (Å²) in [5, 5.41) is 2.72. The number of carbonyl (C=O) groups excluding carboxylic acids is 1. The number of nitrogens with one attached hydrogen (secondary N) is 2. The number of aromatic nitrogens is 1. The molecule has 22 heavy (non-hydrogen) atoms. The lowest BCUT2D eigenvalue weighted by Gasteiger charge is -2.04. The SMILES string of the molecule is O=C(NCC#Cc1ccccc1)c1cc(C2CC2)[nH]c(=O)c1. The highest BCUT2D eigenvalue weighted by Crippen LogP contribution is 2.38. The standard InChI is InChI=1S/C18H16N2O2/c21-17-12-15(11-16(20-17)14-8-9-14)18(22)19-10-4-7-13-5-2-1-3-6-13/h1-3,5-6,11-12,14H,8-10H2,(H,19,22)(H,20,21). The van der Waals surface area contributed by atoms with Crippen molar-refractivity contribution in [3.05, 3.63) is 69.6 Å². The highest BCUT2D eigenvalue weighted by Gasteiger charge is 2.25. The summed E-state index contributed by atoms with van der Waals surface area (Å²) in [7, 11) is 0. The lowest BCUT2D eigenvalue weighted by Crippen LogP contribution is -2.25. The van der Waals surface area contributed by atoms with Gasteiger partial charge in [0.15, 0.2) is 0 Å². The number of rotatable bonds is 3. The zero-order valence-electron chi connectivity index (χ0n) is 12.1. The van der Waals surface area contributed by atoms with E-state index in [0.29, 0.717) is 11.5 Å². The monoisotopic (exact) mass is 292 g/mol. The Bertz CT molecular complexity index is 793. The molecule has 0 radical (unpaired) electrons. The summed E-state index contributed by atoms with van der Waals surface area (Å²) in [6, 6.07) is 12.7. The third kappa shape index (κ3) is 3.64. The minimum Gasteiger partial charge on any atom is -0.341 e. The van der Waals surface area contributed by atoms with E-state index >= 15 is 0 Å². The number of benzene rings is 1. The fourth-order valence-electron chi connectivity index (χ4n) is 2.20. The van der Waals surface area contributed by atoms with Gasteiger partial charge in [-0.15, -0.1) is 0 Å². The first-order chi connectivity index (χ1) is 10.7. The van der Waals surface area contributed by atoms with Gasteiger partial charge in [-0.25, -0.2) is 0 Å². The summed E-state index contributed by atoms with van der Waals surface area (Å²) in [5.74, 6) is 6.00. The molecule has 4 nitrogen and oxygen atoms in total. The Balaban J connectivity index is 1.63. The van der Waals surface area contributed by atoms with Gasteiger partial charge >= 0.3 is 0 Å². The number of H-pyrrole nitrogens is 1. The van der Waals surface area contributed by atoms with Crippen molar-refractivity contribution in [2.45, 2.75) is 18.8 Å². The van der Waals surface area contributed by atoms with Gasteiger partial charge in [0.05, 0.1) is 6.54 Å².